The Bertz CT molecular complexity index is 399. The summed E-state index contributed by atoms with van der Waals surface area (Å²) in [5.74, 6) is 0. The number of nitrogens with one attached hydrogen (secondary N) is 2. The Labute approximate surface area is 116 Å². The van der Waals surface area contributed by atoms with Gasteiger partial charge in [-0.1, -0.05) is 40.9 Å². The first kappa shape index (κ1) is 13.4. The van der Waals surface area contributed by atoms with Gasteiger partial charge in [-0.3, -0.25) is 0 Å². The molecule has 4 heteroatoms. The summed E-state index contributed by atoms with van der Waals surface area (Å²) in [4.78, 5) is 11.8. The van der Waals surface area contributed by atoms with E-state index in [-0.39, 0.29) is 12.1 Å². The van der Waals surface area contributed by atoms with Gasteiger partial charge in [0.1, 0.15) is 0 Å². The lowest BCUT2D eigenvalue weighted by Crippen LogP contribution is -2.41. The van der Waals surface area contributed by atoms with Gasteiger partial charge in [0.05, 0.1) is 6.04 Å². The zero-order chi connectivity index (χ0) is 13.0. The topological polar surface area (TPSA) is 41.1 Å². The molecule has 18 heavy (non-hydrogen) atoms. The van der Waals surface area contributed by atoms with Crippen molar-refractivity contribution in [3.63, 3.8) is 0 Å². The molecule has 1 aliphatic carbocycles. The second-order valence-corrected chi connectivity index (χ2v) is 5.79. The van der Waals surface area contributed by atoms with E-state index in [2.05, 4.69) is 26.6 Å². The predicted molar refractivity (Wildman–Crippen MR) is 76.5 cm³/mol. The maximum absolute atomic E-state index is 11.8. The van der Waals surface area contributed by atoms with Gasteiger partial charge in [-0.15, -0.1) is 0 Å². The second kappa shape index (κ2) is 6.23. The van der Waals surface area contributed by atoms with Crippen LogP contribution in [0.3, 0.4) is 0 Å². The molecule has 1 saturated carbocycles. The van der Waals surface area contributed by atoms with Crippen LogP contribution in [0.25, 0.3) is 0 Å². The number of carbonyl (C=O) groups excluding carboxylic acids is 1. The highest BCUT2D eigenvalue weighted by atomic mass is 79.9. The summed E-state index contributed by atoms with van der Waals surface area (Å²) in [5.41, 5.74) is 1.11. The van der Waals surface area contributed by atoms with E-state index in [9.17, 15) is 4.79 Å². The first-order valence-corrected chi connectivity index (χ1v) is 7.27. The number of amides is 2. The molecule has 1 aromatic carbocycles. The van der Waals surface area contributed by atoms with Crippen molar-refractivity contribution in [2.45, 2.75) is 44.7 Å². The van der Waals surface area contributed by atoms with E-state index in [1.807, 2.05) is 31.2 Å². The minimum Gasteiger partial charge on any atom is -0.335 e. The van der Waals surface area contributed by atoms with Crippen LogP contribution >= 0.6 is 15.9 Å². The van der Waals surface area contributed by atoms with Crippen LogP contribution in [0, 0.1) is 0 Å². The van der Waals surface area contributed by atoms with Crippen LogP contribution in [0.1, 0.15) is 44.2 Å². The van der Waals surface area contributed by atoms with Gasteiger partial charge in [0.15, 0.2) is 0 Å². The third kappa shape index (κ3) is 3.73. The lowest BCUT2D eigenvalue weighted by atomic mass is 10.1. The lowest BCUT2D eigenvalue weighted by Gasteiger charge is -2.18. The number of hydrogen-bond donors (Lipinski definition) is 2. The summed E-state index contributed by atoms with van der Waals surface area (Å²) in [5, 5.41) is 6.01. The van der Waals surface area contributed by atoms with Crippen LogP contribution in [0.5, 0.6) is 0 Å². The van der Waals surface area contributed by atoms with Crippen LogP contribution in [0.15, 0.2) is 28.7 Å². The number of carbonyl (C=O) groups is 1. The molecule has 0 heterocycles. The third-order valence-electron chi connectivity index (χ3n) is 3.41. The van der Waals surface area contributed by atoms with Gasteiger partial charge in [0, 0.05) is 10.5 Å². The van der Waals surface area contributed by atoms with Gasteiger partial charge in [-0.2, -0.15) is 0 Å². The van der Waals surface area contributed by atoms with E-state index in [1.54, 1.807) is 0 Å². The van der Waals surface area contributed by atoms with Crippen LogP contribution in [0.4, 0.5) is 4.79 Å². The zero-order valence-electron chi connectivity index (χ0n) is 10.6. The van der Waals surface area contributed by atoms with Crippen LogP contribution < -0.4 is 10.6 Å². The maximum Gasteiger partial charge on any atom is 0.315 e. The third-order valence-corrected chi connectivity index (χ3v) is 3.94. The fourth-order valence-electron chi connectivity index (χ4n) is 2.33. The van der Waals surface area contributed by atoms with Crippen LogP contribution in [-0.2, 0) is 0 Å². The van der Waals surface area contributed by atoms with Crippen molar-refractivity contribution in [1.29, 1.82) is 0 Å². The average molecular weight is 311 g/mol. The SMILES string of the molecule is C[C@@H](NC(=O)NC1CCCC1)c1ccc(Br)cc1. The molecule has 1 aliphatic rings. The molecular formula is C14H19BrN2O. The fraction of sp³-hybridized carbons (Fsp3) is 0.500. The average Bonchev–Trinajstić information content (AvgIpc) is 2.82. The van der Waals surface area contributed by atoms with E-state index >= 15 is 0 Å². The zero-order valence-corrected chi connectivity index (χ0v) is 12.2. The minimum absolute atomic E-state index is 0.0273. The van der Waals surface area contributed by atoms with Crippen molar-refractivity contribution in [1.82, 2.24) is 10.6 Å². The van der Waals surface area contributed by atoms with E-state index in [1.165, 1.54) is 12.8 Å². The molecule has 0 saturated heterocycles. The molecule has 1 aromatic rings. The molecule has 0 bridgehead atoms. The van der Waals surface area contributed by atoms with Gasteiger partial charge in [-0.25, -0.2) is 4.79 Å². The van der Waals surface area contributed by atoms with Gasteiger partial charge < -0.3 is 10.6 Å². The highest BCUT2D eigenvalue weighted by Crippen LogP contribution is 2.18. The second-order valence-electron chi connectivity index (χ2n) is 4.87. The molecule has 0 unspecified atom stereocenters. The Hall–Kier alpha value is -1.03. The Morgan fingerprint density at radius 3 is 2.50 bits per heavy atom. The molecule has 1 fully saturated rings. The summed E-state index contributed by atoms with van der Waals surface area (Å²) in [6, 6.07) is 8.35. The van der Waals surface area contributed by atoms with Gasteiger partial charge >= 0.3 is 6.03 Å². The van der Waals surface area contributed by atoms with E-state index < -0.39 is 0 Å². The highest BCUT2D eigenvalue weighted by molar-refractivity contribution is 9.10. The van der Waals surface area contributed by atoms with E-state index in [4.69, 9.17) is 0 Å². The molecule has 0 aromatic heterocycles. The first-order valence-electron chi connectivity index (χ1n) is 6.47. The Morgan fingerprint density at radius 1 is 1.28 bits per heavy atom. The van der Waals surface area contributed by atoms with Crippen LogP contribution in [-0.4, -0.2) is 12.1 Å². The summed E-state index contributed by atoms with van der Waals surface area (Å²) in [7, 11) is 0. The molecule has 2 N–H and O–H groups in total. The Morgan fingerprint density at radius 2 is 1.89 bits per heavy atom. The standard InChI is InChI=1S/C14H19BrN2O/c1-10(11-6-8-12(15)9-7-11)16-14(18)17-13-4-2-3-5-13/h6-10,13H,2-5H2,1H3,(H2,16,17,18)/t10-/m1/s1. The van der Waals surface area contributed by atoms with Crippen molar-refractivity contribution in [2.24, 2.45) is 0 Å². The van der Waals surface area contributed by atoms with Gasteiger partial charge in [-0.05, 0) is 37.5 Å². The van der Waals surface area contributed by atoms with Gasteiger partial charge in [0.2, 0.25) is 0 Å². The van der Waals surface area contributed by atoms with Crippen molar-refractivity contribution in [2.75, 3.05) is 0 Å². The lowest BCUT2D eigenvalue weighted by molar-refractivity contribution is 0.234. The Balaban J connectivity index is 1.84. The highest BCUT2D eigenvalue weighted by Gasteiger charge is 2.18. The quantitative estimate of drug-likeness (QED) is 0.877. The predicted octanol–water partition coefficient (Wildman–Crippen LogP) is 3.75. The Kier molecular flexibility index (Phi) is 4.64. The maximum atomic E-state index is 11.8. The largest absolute Gasteiger partial charge is 0.335 e. The monoisotopic (exact) mass is 310 g/mol. The summed E-state index contributed by atoms with van der Waals surface area (Å²) >= 11 is 3.40. The van der Waals surface area contributed by atoms with Gasteiger partial charge in [0.25, 0.3) is 0 Å². The minimum atomic E-state index is -0.0580. The smallest absolute Gasteiger partial charge is 0.315 e. The molecular weight excluding hydrogens is 292 g/mol. The number of hydrogen-bond acceptors (Lipinski definition) is 1. The molecule has 0 aliphatic heterocycles. The summed E-state index contributed by atoms with van der Waals surface area (Å²) in [6.07, 6.45) is 4.68. The molecule has 98 valence electrons. The van der Waals surface area contributed by atoms with Crippen LogP contribution in [0.2, 0.25) is 0 Å². The van der Waals surface area contributed by atoms with Crippen molar-refractivity contribution >= 4 is 22.0 Å². The van der Waals surface area contributed by atoms with E-state index in [0.717, 1.165) is 22.9 Å². The number of halogens is 1. The molecule has 0 radical (unpaired) electrons. The van der Waals surface area contributed by atoms with Crippen molar-refractivity contribution in [3.8, 4) is 0 Å². The first-order chi connectivity index (χ1) is 8.65. The normalized spacial score (nSPS) is 17.4. The number of rotatable bonds is 3. The van der Waals surface area contributed by atoms with Crippen molar-refractivity contribution < 1.29 is 4.79 Å². The molecule has 1 atom stereocenters. The molecule has 3 nitrogen and oxygen atoms in total. The molecule has 2 amide bonds. The fourth-order valence-corrected chi connectivity index (χ4v) is 2.59. The number of benzene rings is 1. The molecule has 2 rings (SSSR count). The van der Waals surface area contributed by atoms with Crippen molar-refractivity contribution in [3.05, 3.63) is 34.3 Å². The molecule has 0 spiro atoms. The number of urea groups is 1. The van der Waals surface area contributed by atoms with E-state index in [0.29, 0.717) is 6.04 Å². The summed E-state index contributed by atoms with van der Waals surface area (Å²) < 4.78 is 1.05. The summed E-state index contributed by atoms with van der Waals surface area (Å²) in [6.45, 7) is 2.00.